The summed E-state index contributed by atoms with van der Waals surface area (Å²) in [6.07, 6.45) is -4.09. The number of benzene rings is 2. The lowest BCUT2D eigenvalue weighted by Gasteiger charge is -2.19. The van der Waals surface area contributed by atoms with Crippen LogP contribution in [0.25, 0.3) is 0 Å². The van der Waals surface area contributed by atoms with Gasteiger partial charge < -0.3 is 29.3 Å². The van der Waals surface area contributed by atoms with Crippen molar-refractivity contribution in [2.75, 3.05) is 38.0 Å². The van der Waals surface area contributed by atoms with Crippen LogP contribution in [0, 0.1) is 0 Å². The van der Waals surface area contributed by atoms with E-state index in [1.807, 2.05) is 6.92 Å². The summed E-state index contributed by atoms with van der Waals surface area (Å²) < 4.78 is 70.8. The van der Waals surface area contributed by atoms with Crippen molar-refractivity contribution in [1.29, 1.82) is 0 Å². The van der Waals surface area contributed by atoms with Crippen molar-refractivity contribution < 1.29 is 36.3 Å². The third-order valence-electron chi connectivity index (χ3n) is 6.55. The van der Waals surface area contributed by atoms with Gasteiger partial charge in [-0.15, -0.1) is 0 Å². The molecule has 1 atom stereocenters. The summed E-state index contributed by atoms with van der Waals surface area (Å²) in [5.41, 5.74) is 1.06. The maximum atomic E-state index is 13.9. The molecule has 2 heterocycles. The Morgan fingerprint density at radius 3 is 2.41 bits per heavy atom. The standard InChI is InChI=1S/C27H31F3N5O5P/c1-6-39-41(37,40-7-2)15-17-11-12-20(22(13-17)38-5)33-26-31-14-19(27(28,29)30)24(34-26)32-21-10-8-9-18-16(3)35(4)25(36)23(18)21/h8-14,16H,6-7,15H2,1-5H3,(H2,31,32,33,34). The van der Waals surface area contributed by atoms with E-state index in [9.17, 15) is 22.5 Å². The van der Waals surface area contributed by atoms with Gasteiger partial charge in [0.05, 0.1) is 49.5 Å². The van der Waals surface area contributed by atoms with Crippen LogP contribution in [-0.4, -0.2) is 48.1 Å². The van der Waals surface area contributed by atoms with Crippen LogP contribution in [0.5, 0.6) is 5.75 Å². The zero-order chi connectivity index (χ0) is 29.9. The fourth-order valence-electron chi connectivity index (χ4n) is 4.50. The van der Waals surface area contributed by atoms with Gasteiger partial charge in [-0.05, 0) is 50.1 Å². The fraction of sp³-hybridized carbons (Fsp3) is 0.370. The molecule has 0 spiro atoms. The summed E-state index contributed by atoms with van der Waals surface area (Å²) in [6.45, 7) is 5.70. The Kier molecular flexibility index (Phi) is 8.91. The van der Waals surface area contributed by atoms with E-state index in [4.69, 9.17) is 13.8 Å². The zero-order valence-corrected chi connectivity index (χ0v) is 24.1. The lowest BCUT2D eigenvalue weighted by Crippen LogP contribution is -2.21. The summed E-state index contributed by atoms with van der Waals surface area (Å²) in [5.74, 6) is -0.670. The third-order valence-corrected chi connectivity index (χ3v) is 8.61. The molecule has 220 valence electrons. The number of carbonyl (C=O) groups is 1. The van der Waals surface area contributed by atoms with Crippen LogP contribution in [0.1, 0.15) is 53.9 Å². The Hall–Kier alpha value is -3.67. The molecule has 1 aromatic heterocycles. The van der Waals surface area contributed by atoms with Crippen LogP contribution >= 0.6 is 7.60 Å². The van der Waals surface area contributed by atoms with E-state index in [0.717, 1.165) is 0 Å². The minimum absolute atomic E-state index is 0.00406. The molecule has 0 radical (unpaired) electrons. The van der Waals surface area contributed by atoms with Crippen molar-refractivity contribution in [3.05, 3.63) is 64.8 Å². The molecule has 0 saturated carbocycles. The van der Waals surface area contributed by atoms with Crippen molar-refractivity contribution in [2.24, 2.45) is 0 Å². The molecule has 10 nitrogen and oxygen atoms in total. The maximum Gasteiger partial charge on any atom is 0.421 e. The number of alkyl halides is 3. The normalized spacial score (nSPS) is 15.2. The van der Waals surface area contributed by atoms with Gasteiger partial charge in [-0.3, -0.25) is 9.36 Å². The van der Waals surface area contributed by atoms with Gasteiger partial charge >= 0.3 is 13.8 Å². The van der Waals surface area contributed by atoms with E-state index in [1.165, 1.54) is 18.1 Å². The molecule has 2 aromatic carbocycles. The molecule has 1 unspecified atom stereocenters. The minimum atomic E-state index is -4.76. The number of nitrogens with one attached hydrogen (secondary N) is 2. The second-order valence-corrected chi connectivity index (χ2v) is 11.3. The predicted octanol–water partition coefficient (Wildman–Crippen LogP) is 6.90. The molecule has 1 amide bonds. The second kappa shape index (κ2) is 12.1. The van der Waals surface area contributed by atoms with Crippen molar-refractivity contribution in [3.63, 3.8) is 0 Å². The minimum Gasteiger partial charge on any atom is -0.495 e. The van der Waals surface area contributed by atoms with Crippen molar-refractivity contribution in [1.82, 2.24) is 14.9 Å². The number of anilines is 4. The zero-order valence-electron chi connectivity index (χ0n) is 23.2. The van der Waals surface area contributed by atoms with Gasteiger partial charge in [0.1, 0.15) is 17.1 Å². The highest BCUT2D eigenvalue weighted by Gasteiger charge is 2.37. The molecular formula is C27H31F3N5O5P. The largest absolute Gasteiger partial charge is 0.495 e. The van der Waals surface area contributed by atoms with Gasteiger partial charge in [0.2, 0.25) is 5.95 Å². The highest BCUT2D eigenvalue weighted by Crippen LogP contribution is 2.51. The Morgan fingerprint density at radius 1 is 1.07 bits per heavy atom. The lowest BCUT2D eigenvalue weighted by atomic mass is 10.0. The Labute approximate surface area is 235 Å². The highest BCUT2D eigenvalue weighted by molar-refractivity contribution is 7.53. The number of rotatable bonds is 11. The number of amides is 1. The molecule has 2 N–H and O–H groups in total. The molecule has 0 aliphatic carbocycles. The van der Waals surface area contributed by atoms with Crippen LogP contribution in [0.4, 0.5) is 36.3 Å². The molecule has 0 bridgehead atoms. The van der Waals surface area contributed by atoms with Gasteiger partial charge in [-0.25, -0.2) is 4.98 Å². The first-order valence-electron chi connectivity index (χ1n) is 12.8. The first-order valence-corrected chi connectivity index (χ1v) is 14.6. The van der Waals surface area contributed by atoms with E-state index in [1.54, 1.807) is 51.2 Å². The van der Waals surface area contributed by atoms with Crippen molar-refractivity contribution in [2.45, 2.75) is 39.2 Å². The number of halogens is 3. The molecule has 0 saturated heterocycles. The monoisotopic (exact) mass is 593 g/mol. The molecule has 0 fully saturated rings. The average molecular weight is 594 g/mol. The number of fused-ring (bicyclic) bond motifs is 1. The van der Waals surface area contributed by atoms with E-state index in [2.05, 4.69) is 20.6 Å². The SMILES string of the molecule is CCOP(=O)(Cc1ccc(Nc2ncc(C(F)(F)F)c(Nc3cccc4c3C(=O)N(C)C4C)n2)c(OC)c1)OCC. The number of hydrogen-bond donors (Lipinski definition) is 2. The first kappa shape index (κ1) is 30.3. The van der Waals surface area contributed by atoms with Gasteiger partial charge in [-0.2, -0.15) is 18.2 Å². The number of hydrogen-bond acceptors (Lipinski definition) is 9. The molecule has 14 heteroatoms. The summed E-state index contributed by atoms with van der Waals surface area (Å²) in [5, 5.41) is 5.60. The predicted molar refractivity (Wildman–Crippen MR) is 148 cm³/mol. The Bertz CT molecular complexity index is 1480. The molecule has 4 rings (SSSR count). The Morgan fingerprint density at radius 2 is 1.78 bits per heavy atom. The van der Waals surface area contributed by atoms with E-state index in [-0.39, 0.29) is 48.5 Å². The van der Waals surface area contributed by atoms with Gasteiger partial charge in [0.15, 0.2) is 0 Å². The van der Waals surface area contributed by atoms with E-state index < -0.39 is 25.2 Å². The molecule has 1 aliphatic heterocycles. The van der Waals surface area contributed by atoms with Crippen LogP contribution in [-0.2, 0) is 26.0 Å². The maximum absolute atomic E-state index is 13.9. The highest BCUT2D eigenvalue weighted by atomic mass is 31.2. The summed E-state index contributed by atoms with van der Waals surface area (Å²) >= 11 is 0. The second-order valence-electron chi connectivity index (χ2n) is 9.20. The fourth-order valence-corrected chi connectivity index (χ4v) is 6.19. The molecular weight excluding hydrogens is 562 g/mol. The number of aromatic nitrogens is 2. The van der Waals surface area contributed by atoms with Crippen molar-refractivity contribution in [3.8, 4) is 5.75 Å². The van der Waals surface area contributed by atoms with Crippen LogP contribution in [0.2, 0.25) is 0 Å². The first-order chi connectivity index (χ1) is 19.4. The van der Waals surface area contributed by atoms with E-state index >= 15 is 0 Å². The summed E-state index contributed by atoms with van der Waals surface area (Å²) in [7, 11) is -0.324. The van der Waals surface area contributed by atoms with E-state index in [0.29, 0.717) is 28.8 Å². The van der Waals surface area contributed by atoms with Gasteiger partial charge in [0.25, 0.3) is 5.91 Å². The van der Waals surface area contributed by atoms with Gasteiger partial charge in [-0.1, -0.05) is 18.2 Å². The quantitative estimate of drug-likeness (QED) is 0.229. The van der Waals surface area contributed by atoms with Gasteiger partial charge in [0, 0.05) is 13.2 Å². The smallest absolute Gasteiger partial charge is 0.421 e. The Balaban J connectivity index is 1.66. The van der Waals surface area contributed by atoms with Crippen LogP contribution in [0.3, 0.4) is 0 Å². The van der Waals surface area contributed by atoms with Crippen LogP contribution < -0.4 is 15.4 Å². The average Bonchev–Trinajstić information content (AvgIpc) is 3.13. The molecule has 1 aliphatic rings. The lowest BCUT2D eigenvalue weighted by molar-refractivity contribution is -0.137. The number of methoxy groups -OCH3 is 1. The number of ether oxygens (including phenoxy) is 1. The summed E-state index contributed by atoms with van der Waals surface area (Å²) in [6, 6.07) is 9.62. The topological polar surface area (TPSA) is 115 Å². The number of carbonyl (C=O) groups excluding carboxylic acids is 1. The molecule has 41 heavy (non-hydrogen) atoms. The molecule has 3 aromatic rings. The third kappa shape index (κ3) is 6.47. The summed E-state index contributed by atoms with van der Waals surface area (Å²) in [4.78, 5) is 22.3. The number of nitrogens with zero attached hydrogens (tertiary/aromatic N) is 3. The van der Waals surface area contributed by atoms with Crippen LogP contribution in [0.15, 0.2) is 42.6 Å². The van der Waals surface area contributed by atoms with Crippen molar-refractivity contribution >= 4 is 36.6 Å².